The lowest BCUT2D eigenvalue weighted by Crippen LogP contribution is -2.47. The van der Waals surface area contributed by atoms with Gasteiger partial charge in [-0.2, -0.15) is 11.8 Å². The van der Waals surface area contributed by atoms with Gasteiger partial charge in [-0.05, 0) is 19.3 Å². The van der Waals surface area contributed by atoms with E-state index in [9.17, 15) is 4.79 Å². The first-order valence-electron chi connectivity index (χ1n) is 8.91. The van der Waals surface area contributed by atoms with Crippen LogP contribution in [0, 0.1) is 0 Å². The second-order valence-corrected chi connectivity index (χ2v) is 7.63. The Hall–Kier alpha value is -1.34. The Labute approximate surface area is 148 Å². The van der Waals surface area contributed by atoms with Gasteiger partial charge < -0.3 is 15.5 Å². The van der Waals surface area contributed by atoms with Gasteiger partial charge >= 0.3 is 0 Å². The fourth-order valence-corrected chi connectivity index (χ4v) is 4.22. The number of aryl methyl sites for hydroxylation is 1. The number of nitrogens with zero attached hydrogens (tertiary/aromatic N) is 3. The fourth-order valence-electron chi connectivity index (χ4n) is 3.27. The van der Waals surface area contributed by atoms with E-state index in [1.165, 1.54) is 0 Å². The molecule has 1 atom stereocenters. The summed E-state index contributed by atoms with van der Waals surface area (Å²) in [5.41, 5.74) is 1.08. The molecule has 1 unspecified atom stereocenters. The van der Waals surface area contributed by atoms with Gasteiger partial charge in [-0.25, -0.2) is 9.97 Å². The van der Waals surface area contributed by atoms with Crippen molar-refractivity contribution in [2.24, 2.45) is 0 Å². The minimum Gasteiger partial charge on any atom is -0.356 e. The first kappa shape index (κ1) is 17.5. The summed E-state index contributed by atoms with van der Waals surface area (Å²) < 4.78 is 0. The molecule has 3 rings (SSSR count). The number of nitrogens with one attached hydrogen (secondary N) is 2. The van der Waals surface area contributed by atoms with Crippen LogP contribution in [0.2, 0.25) is 0 Å². The summed E-state index contributed by atoms with van der Waals surface area (Å²) in [4.78, 5) is 23.2. The highest BCUT2D eigenvalue weighted by Gasteiger charge is 2.23. The molecule has 132 valence electrons. The van der Waals surface area contributed by atoms with E-state index in [2.05, 4.69) is 38.5 Å². The molecule has 1 aromatic rings. The maximum Gasteiger partial charge on any atom is 0.221 e. The average Bonchev–Trinajstić information content (AvgIpc) is 2.63. The predicted octanol–water partition coefficient (Wildman–Crippen LogP) is 1.22. The minimum absolute atomic E-state index is 0.184. The third-order valence-electron chi connectivity index (χ3n) is 4.69. The number of carbonyl (C=O) groups is 1. The zero-order valence-electron chi connectivity index (χ0n) is 14.3. The van der Waals surface area contributed by atoms with E-state index in [-0.39, 0.29) is 11.9 Å². The molecule has 2 aliphatic heterocycles. The number of amides is 1. The SMILES string of the molecule is CCc1cc(N2CCC(NC(=O)CC3CSCCN3)CC2)ncn1. The van der Waals surface area contributed by atoms with Crippen molar-refractivity contribution in [3.63, 3.8) is 0 Å². The molecule has 2 saturated heterocycles. The normalized spacial score (nSPS) is 22.4. The summed E-state index contributed by atoms with van der Waals surface area (Å²) in [6.45, 7) is 4.98. The molecule has 0 aliphatic carbocycles. The molecule has 6 nitrogen and oxygen atoms in total. The Morgan fingerprint density at radius 1 is 1.42 bits per heavy atom. The van der Waals surface area contributed by atoms with Crippen molar-refractivity contribution >= 4 is 23.5 Å². The Balaban J connectivity index is 1.43. The van der Waals surface area contributed by atoms with E-state index >= 15 is 0 Å². The van der Waals surface area contributed by atoms with Crippen molar-refractivity contribution in [1.82, 2.24) is 20.6 Å². The van der Waals surface area contributed by atoms with E-state index < -0.39 is 0 Å². The topological polar surface area (TPSA) is 70.2 Å². The van der Waals surface area contributed by atoms with Crippen LogP contribution >= 0.6 is 11.8 Å². The highest BCUT2D eigenvalue weighted by Crippen LogP contribution is 2.18. The van der Waals surface area contributed by atoms with Crippen LogP contribution in [-0.2, 0) is 11.2 Å². The molecule has 7 heteroatoms. The van der Waals surface area contributed by atoms with Crippen molar-refractivity contribution in [2.45, 2.75) is 44.7 Å². The van der Waals surface area contributed by atoms with E-state index in [0.717, 1.165) is 61.9 Å². The Kier molecular flexibility index (Phi) is 6.31. The summed E-state index contributed by atoms with van der Waals surface area (Å²) in [6.07, 6.45) is 5.12. The van der Waals surface area contributed by atoms with Crippen molar-refractivity contribution in [1.29, 1.82) is 0 Å². The van der Waals surface area contributed by atoms with Crippen LogP contribution in [0.25, 0.3) is 0 Å². The van der Waals surface area contributed by atoms with E-state index in [0.29, 0.717) is 12.5 Å². The average molecular weight is 350 g/mol. The molecular formula is C17H27N5OS. The summed E-state index contributed by atoms with van der Waals surface area (Å²) in [6, 6.07) is 2.69. The summed E-state index contributed by atoms with van der Waals surface area (Å²) in [5.74, 6) is 3.39. The third-order valence-corrected chi connectivity index (χ3v) is 5.82. The third kappa shape index (κ3) is 4.83. The highest BCUT2D eigenvalue weighted by atomic mass is 32.2. The molecule has 3 heterocycles. The molecule has 24 heavy (non-hydrogen) atoms. The van der Waals surface area contributed by atoms with Crippen LogP contribution in [-0.4, -0.2) is 59.1 Å². The molecule has 0 spiro atoms. The van der Waals surface area contributed by atoms with Gasteiger partial charge in [-0.3, -0.25) is 4.79 Å². The van der Waals surface area contributed by atoms with Crippen LogP contribution in [0.4, 0.5) is 5.82 Å². The molecule has 2 fully saturated rings. The van der Waals surface area contributed by atoms with E-state index in [4.69, 9.17) is 0 Å². The molecule has 1 aromatic heterocycles. The maximum atomic E-state index is 12.2. The van der Waals surface area contributed by atoms with Crippen molar-refractivity contribution in [2.75, 3.05) is 36.0 Å². The van der Waals surface area contributed by atoms with Gasteiger partial charge in [-0.15, -0.1) is 0 Å². The van der Waals surface area contributed by atoms with Crippen molar-refractivity contribution in [3.8, 4) is 0 Å². The molecule has 2 N–H and O–H groups in total. The second-order valence-electron chi connectivity index (χ2n) is 6.48. The lowest BCUT2D eigenvalue weighted by molar-refractivity contribution is -0.122. The maximum absolute atomic E-state index is 12.2. The zero-order chi connectivity index (χ0) is 16.8. The summed E-state index contributed by atoms with van der Waals surface area (Å²) >= 11 is 1.93. The quantitative estimate of drug-likeness (QED) is 0.833. The number of rotatable bonds is 5. The lowest BCUT2D eigenvalue weighted by atomic mass is 10.0. The van der Waals surface area contributed by atoms with Crippen LogP contribution in [0.5, 0.6) is 0 Å². The summed E-state index contributed by atoms with van der Waals surface area (Å²) in [7, 11) is 0. The summed E-state index contributed by atoms with van der Waals surface area (Å²) in [5, 5.41) is 6.64. The monoisotopic (exact) mass is 349 g/mol. The Morgan fingerprint density at radius 3 is 2.96 bits per heavy atom. The first-order valence-corrected chi connectivity index (χ1v) is 10.1. The molecule has 0 bridgehead atoms. The van der Waals surface area contributed by atoms with E-state index in [1.54, 1.807) is 6.33 Å². The molecule has 2 aliphatic rings. The molecule has 0 aromatic carbocycles. The number of carbonyl (C=O) groups excluding carboxylic acids is 1. The zero-order valence-corrected chi connectivity index (χ0v) is 15.1. The van der Waals surface area contributed by atoms with Gasteiger partial charge in [0.2, 0.25) is 5.91 Å². The van der Waals surface area contributed by atoms with Gasteiger partial charge in [0.25, 0.3) is 0 Å². The number of aromatic nitrogens is 2. The van der Waals surface area contributed by atoms with Crippen molar-refractivity contribution < 1.29 is 4.79 Å². The number of thioether (sulfide) groups is 1. The molecule has 0 radical (unpaired) electrons. The molecule has 0 saturated carbocycles. The van der Waals surface area contributed by atoms with Crippen LogP contribution in [0.1, 0.15) is 31.9 Å². The second kappa shape index (κ2) is 8.67. The Morgan fingerprint density at radius 2 is 2.25 bits per heavy atom. The standard InChI is InChI=1S/C17H27N5OS/c1-2-13-9-16(20-12-19-13)22-6-3-14(4-7-22)21-17(23)10-15-11-24-8-5-18-15/h9,12,14-15,18H,2-8,10-11H2,1H3,(H,21,23). The van der Waals surface area contributed by atoms with Gasteiger partial charge in [0, 0.05) is 61.4 Å². The number of hydrogen-bond donors (Lipinski definition) is 2. The van der Waals surface area contributed by atoms with Crippen LogP contribution in [0.3, 0.4) is 0 Å². The van der Waals surface area contributed by atoms with Gasteiger partial charge in [0.15, 0.2) is 0 Å². The largest absolute Gasteiger partial charge is 0.356 e. The van der Waals surface area contributed by atoms with Crippen LogP contribution < -0.4 is 15.5 Å². The van der Waals surface area contributed by atoms with Crippen LogP contribution in [0.15, 0.2) is 12.4 Å². The smallest absolute Gasteiger partial charge is 0.221 e. The highest BCUT2D eigenvalue weighted by molar-refractivity contribution is 7.99. The van der Waals surface area contributed by atoms with Gasteiger partial charge in [0.1, 0.15) is 12.1 Å². The first-order chi connectivity index (χ1) is 11.7. The molecule has 1 amide bonds. The van der Waals surface area contributed by atoms with Gasteiger partial charge in [-0.1, -0.05) is 6.92 Å². The predicted molar refractivity (Wildman–Crippen MR) is 98.5 cm³/mol. The van der Waals surface area contributed by atoms with E-state index in [1.807, 2.05) is 11.8 Å². The fraction of sp³-hybridized carbons (Fsp3) is 0.706. The number of anilines is 1. The molecular weight excluding hydrogens is 322 g/mol. The lowest BCUT2D eigenvalue weighted by Gasteiger charge is -2.33. The number of piperidine rings is 1. The number of hydrogen-bond acceptors (Lipinski definition) is 6. The van der Waals surface area contributed by atoms with Gasteiger partial charge in [0.05, 0.1) is 0 Å². The van der Waals surface area contributed by atoms with Crippen molar-refractivity contribution in [3.05, 3.63) is 18.1 Å². The Bertz CT molecular complexity index is 542. The minimum atomic E-state index is 0.184.